The molecule has 0 aromatic heterocycles. The highest BCUT2D eigenvalue weighted by molar-refractivity contribution is 5.99. The van der Waals surface area contributed by atoms with Crippen LogP contribution >= 0.6 is 12.4 Å². The molecule has 2 aromatic carbocycles. The molecule has 3 rings (SSSR count). The van der Waals surface area contributed by atoms with Crippen LogP contribution in [0.25, 0.3) is 0 Å². The van der Waals surface area contributed by atoms with Crippen LogP contribution < -0.4 is 10.2 Å². The second kappa shape index (κ2) is 13.4. The second-order valence-corrected chi connectivity index (χ2v) is 10.9. The van der Waals surface area contributed by atoms with Gasteiger partial charge in [-0.1, -0.05) is 25.1 Å². The Hall–Kier alpha value is -2.44. The van der Waals surface area contributed by atoms with Crippen molar-refractivity contribution in [1.82, 2.24) is 10.2 Å². The van der Waals surface area contributed by atoms with Gasteiger partial charge in [0, 0.05) is 48.9 Å². The number of nitrogens with zero attached hydrogens (tertiary/aromatic N) is 2. The van der Waals surface area contributed by atoms with Crippen molar-refractivity contribution in [2.75, 3.05) is 24.5 Å². The molecule has 2 aromatic rings. The van der Waals surface area contributed by atoms with Gasteiger partial charge in [-0.15, -0.1) is 12.4 Å². The third-order valence-electron chi connectivity index (χ3n) is 7.29. The first kappa shape index (κ1) is 30.8. The minimum absolute atomic E-state index is 0. The number of rotatable bonds is 9. The largest absolute Gasteiger partial charge is 0.351 e. The van der Waals surface area contributed by atoms with Crippen LogP contribution in [0.4, 0.5) is 10.1 Å². The zero-order valence-electron chi connectivity index (χ0n) is 23.3. The van der Waals surface area contributed by atoms with Crippen molar-refractivity contribution < 1.29 is 14.0 Å². The number of anilines is 1. The standard InChI is InChI=1S/C30H42FN3O2.ClH/c1-19(2)33(20(3)4)13-12-32-29(35)26-15-21(5)28(22(6)16-26)34-18-24(14-23(7)30(34)36)17-25-10-8-9-11-27(25)31;/h8-11,15-16,19-20,23-24H,12-14,17-18H2,1-7H3,(H,32,35);1H/t23-,24-;/m1./s1. The Labute approximate surface area is 228 Å². The van der Waals surface area contributed by atoms with E-state index < -0.39 is 0 Å². The van der Waals surface area contributed by atoms with E-state index in [-0.39, 0.29) is 41.9 Å². The fraction of sp³-hybridized carbons (Fsp3) is 0.533. The topological polar surface area (TPSA) is 52.7 Å². The number of benzene rings is 2. The molecule has 37 heavy (non-hydrogen) atoms. The van der Waals surface area contributed by atoms with Gasteiger partial charge in [-0.05, 0) is 95.2 Å². The van der Waals surface area contributed by atoms with Crippen molar-refractivity contribution >= 4 is 29.9 Å². The van der Waals surface area contributed by atoms with E-state index in [9.17, 15) is 14.0 Å². The van der Waals surface area contributed by atoms with E-state index in [2.05, 4.69) is 37.9 Å². The Morgan fingerprint density at radius 2 is 1.70 bits per heavy atom. The monoisotopic (exact) mass is 531 g/mol. The van der Waals surface area contributed by atoms with Crippen molar-refractivity contribution in [1.29, 1.82) is 0 Å². The van der Waals surface area contributed by atoms with Crippen LogP contribution in [-0.4, -0.2) is 48.4 Å². The molecule has 0 saturated carbocycles. The minimum Gasteiger partial charge on any atom is -0.351 e. The maximum atomic E-state index is 14.3. The van der Waals surface area contributed by atoms with Crippen molar-refractivity contribution in [3.05, 3.63) is 64.5 Å². The summed E-state index contributed by atoms with van der Waals surface area (Å²) in [7, 11) is 0. The van der Waals surface area contributed by atoms with E-state index in [0.717, 1.165) is 29.8 Å². The molecular formula is C30H43ClFN3O2. The van der Waals surface area contributed by atoms with Crippen LogP contribution in [0.2, 0.25) is 0 Å². The van der Waals surface area contributed by atoms with Gasteiger partial charge in [0.1, 0.15) is 5.82 Å². The summed E-state index contributed by atoms with van der Waals surface area (Å²) < 4.78 is 14.3. The lowest BCUT2D eigenvalue weighted by atomic mass is 9.84. The number of hydrogen-bond acceptors (Lipinski definition) is 3. The summed E-state index contributed by atoms with van der Waals surface area (Å²) in [6.07, 6.45) is 1.34. The maximum absolute atomic E-state index is 14.3. The first-order valence-corrected chi connectivity index (χ1v) is 13.2. The molecule has 1 saturated heterocycles. The molecule has 2 amide bonds. The predicted molar refractivity (Wildman–Crippen MR) is 152 cm³/mol. The summed E-state index contributed by atoms with van der Waals surface area (Å²) in [5.74, 6) is -0.175. The Balaban J connectivity index is 0.00000481. The zero-order valence-corrected chi connectivity index (χ0v) is 24.1. The van der Waals surface area contributed by atoms with Crippen LogP contribution in [-0.2, 0) is 11.2 Å². The van der Waals surface area contributed by atoms with Gasteiger partial charge < -0.3 is 10.2 Å². The van der Waals surface area contributed by atoms with Gasteiger partial charge in [0.15, 0.2) is 0 Å². The number of carbonyl (C=O) groups excluding carboxylic acids is 2. The normalized spacial score (nSPS) is 17.9. The molecule has 1 fully saturated rings. The maximum Gasteiger partial charge on any atom is 0.251 e. The molecule has 204 valence electrons. The van der Waals surface area contributed by atoms with Crippen molar-refractivity contribution in [2.45, 2.75) is 73.4 Å². The highest BCUT2D eigenvalue weighted by Crippen LogP contribution is 2.34. The molecule has 0 radical (unpaired) electrons. The summed E-state index contributed by atoms with van der Waals surface area (Å²) in [4.78, 5) is 30.3. The van der Waals surface area contributed by atoms with Gasteiger partial charge in [-0.3, -0.25) is 14.5 Å². The Kier molecular flexibility index (Phi) is 11.1. The fourth-order valence-electron chi connectivity index (χ4n) is 5.64. The van der Waals surface area contributed by atoms with E-state index in [1.54, 1.807) is 6.07 Å². The molecule has 1 heterocycles. The number of amides is 2. The summed E-state index contributed by atoms with van der Waals surface area (Å²) in [5, 5.41) is 3.05. The molecule has 7 heteroatoms. The Bertz CT molecular complexity index is 1060. The molecule has 2 atom stereocenters. The fourth-order valence-corrected chi connectivity index (χ4v) is 5.64. The van der Waals surface area contributed by atoms with E-state index >= 15 is 0 Å². The third kappa shape index (κ3) is 7.55. The van der Waals surface area contributed by atoms with Gasteiger partial charge in [0.05, 0.1) is 0 Å². The number of aryl methyl sites for hydroxylation is 2. The van der Waals surface area contributed by atoms with Crippen LogP contribution in [0.3, 0.4) is 0 Å². The summed E-state index contributed by atoms with van der Waals surface area (Å²) in [5.41, 5.74) is 3.97. The van der Waals surface area contributed by atoms with Crippen LogP contribution in [0.15, 0.2) is 36.4 Å². The number of carbonyl (C=O) groups is 2. The van der Waals surface area contributed by atoms with Gasteiger partial charge in [-0.25, -0.2) is 4.39 Å². The number of hydrogen-bond donors (Lipinski definition) is 1. The molecular weight excluding hydrogens is 489 g/mol. The van der Waals surface area contributed by atoms with Crippen LogP contribution in [0.5, 0.6) is 0 Å². The highest BCUT2D eigenvalue weighted by Gasteiger charge is 2.34. The van der Waals surface area contributed by atoms with E-state index in [1.807, 2.05) is 49.9 Å². The summed E-state index contributed by atoms with van der Waals surface area (Å²) >= 11 is 0. The SMILES string of the molecule is Cc1cc(C(=O)NCCN(C(C)C)C(C)C)cc(C)c1N1C[C@@H](Cc2ccccc2F)C[C@@H](C)C1=O.Cl. The van der Waals surface area contributed by atoms with Crippen LogP contribution in [0, 0.1) is 31.5 Å². The summed E-state index contributed by atoms with van der Waals surface area (Å²) in [6.45, 7) is 16.4. The van der Waals surface area contributed by atoms with E-state index in [4.69, 9.17) is 0 Å². The average Bonchev–Trinajstić information content (AvgIpc) is 2.80. The quantitative estimate of drug-likeness (QED) is 0.435. The molecule has 0 spiro atoms. The van der Waals surface area contributed by atoms with Crippen molar-refractivity contribution in [3.63, 3.8) is 0 Å². The molecule has 0 aliphatic carbocycles. The molecule has 1 N–H and O–H groups in total. The highest BCUT2D eigenvalue weighted by atomic mass is 35.5. The number of piperidine rings is 1. The molecule has 1 aliphatic heterocycles. The molecule has 1 aliphatic rings. The number of nitrogens with one attached hydrogen (secondary N) is 1. The zero-order chi connectivity index (χ0) is 26.6. The van der Waals surface area contributed by atoms with Crippen LogP contribution in [0.1, 0.15) is 68.1 Å². The second-order valence-electron chi connectivity index (χ2n) is 10.9. The van der Waals surface area contributed by atoms with Crippen molar-refractivity contribution in [3.8, 4) is 0 Å². The Morgan fingerprint density at radius 3 is 2.27 bits per heavy atom. The van der Waals surface area contributed by atoms with E-state index in [1.165, 1.54) is 6.07 Å². The lowest BCUT2D eigenvalue weighted by molar-refractivity contribution is -0.124. The Morgan fingerprint density at radius 1 is 1.11 bits per heavy atom. The number of halogens is 2. The van der Waals surface area contributed by atoms with Crippen molar-refractivity contribution in [2.24, 2.45) is 11.8 Å². The lowest BCUT2D eigenvalue weighted by Gasteiger charge is -2.38. The van der Waals surface area contributed by atoms with E-state index in [0.29, 0.717) is 42.7 Å². The average molecular weight is 532 g/mol. The van der Waals surface area contributed by atoms with Gasteiger partial charge in [-0.2, -0.15) is 0 Å². The van der Waals surface area contributed by atoms with Gasteiger partial charge in [0.25, 0.3) is 5.91 Å². The molecule has 0 bridgehead atoms. The van der Waals surface area contributed by atoms with Gasteiger partial charge >= 0.3 is 0 Å². The third-order valence-corrected chi connectivity index (χ3v) is 7.29. The first-order chi connectivity index (χ1) is 17.0. The first-order valence-electron chi connectivity index (χ1n) is 13.2. The molecule has 0 unspecified atom stereocenters. The smallest absolute Gasteiger partial charge is 0.251 e. The molecule has 5 nitrogen and oxygen atoms in total. The lowest BCUT2D eigenvalue weighted by Crippen LogP contribution is -2.46. The van der Waals surface area contributed by atoms with Gasteiger partial charge in [0.2, 0.25) is 5.91 Å². The predicted octanol–water partition coefficient (Wildman–Crippen LogP) is 5.94. The minimum atomic E-state index is -0.193. The summed E-state index contributed by atoms with van der Waals surface area (Å²) in [6, 6.07) is 11.5.